The van der Waals surface area contributed by atoms with Crippen molar-refractivity contribution in [2.45, 2.75) is 12.5 Å². The van der Waals surface area contributed by atoms with Gasteiger partial charge in [-0.25, -0.2) is 14.6 Å². The number of hydrogen-bond donors (Lipinski definition) is 0. The third-order valence-electron chi connectivity index (χ3n) is 6.26. The van der Waals surface area contributed by atoms with Crippen LogP contribution in [0.5, 0.6) is 11.5 Å². The van der Waals surface area contributed by atoms with E-state index in [1.807, 2.05) is 54.6 Å². The maximum Gasteiger partial charge on any atom is 0.351 e. The number of carbonyl (C=O) groups excluding carboxylic acids is 2. The molecule has 0 spiro atoms. The first-order valence-corrected chi connectivity index (χ1v) is 11.9. The minimum Gasteiger partial charge on any atom is -0.497 e. The number of fused-ring (bicyclic) bond motifs is 1. The van der Waals surface area contributed by atoms with Crippen LogP contribution in [-0.4, -0.2) is 43.4 Å². The number of carbonyl (C=O) groups is 2. The van der Waals surface area contributed by atoms with Gasteiger partial charge in [0.2, 0.25) is 0 Å². The molecule has 0 radical (unpaired) electrons. The van der Waals surface area contributed by atoms with Gasteiger partial charge in [0.25, 0.3) is 5.91 Å². The van der Waals surface area contributed by atoms with E-state index in [4.69, 9.17) is 18.6 Å². The maximum absolute atomic E-state index is 13.2. The molecular weight excluding hydrogens is 488 g/mol. The number of methoxy groups -OCH3 is 2. The zero-order valence-corrected chi connectivity index (χ0v) is 20.7. The summed E-state index contributed by atoms with van der Waals surface area (Å²) in [5, 5.41) is 6.38. The van der Waals surface area contributed by atoms with Gasteiger partial charge in [0.05, 0.1) is 26.0 Å². The van der Waals surface area contributed by atoms with E-state index in [1.54, 1.807) is 25.3 Å². The fraction of sp³-hybridized carbons (Fsp3) is 0.172. The van der Waals surface area contributed by atoms with Crippen molar-refractivity contribution >= 4 is 28.6 Å². The number of hydrazone groups is 1. The molecule has 38 heavy (non-hydrogen) atoms. The summed E-state index contributed by atoms with van der Waals surface area (Å²) in [5.41, 5.74) is 1.48. The summed E-state index contributed by atoms with van der Waals surface area (Å²) >= 11 is 0. The maximum atomic E-state index is 13.2. The summed E-state index contributed by atoms with van der Waals surface area (Å²) in [7, 11) is 3.03. The van der Waals surface area contributed by atoms with Crippen LogP contribution in [0.4, 0.5) is 0 Å². The van der Waals surface area contributed by atoms with Crippen LogP contribution in [0.3, 0.4) is 0 Å². The second kappa shape index (κ2) is 10.6. The Hall–Kier alpha value is -4.92. The number of nitrogens with zero attached hydrogens (tertiary/aromatic N) is 2. The third-order valence-corrected chi connectivity index (χ3v) is 6.26. The minimum atomic E-state index is -0.968. The van der Waals surface area contributed by atoms with Crippen molar-refractivity contribution in [3.05, 3.63) is 106 Å². The minimum absolute atomic E-state index is 0.217. The molecular formula is C29H24N2O7. The second-order valence-electron chi connectivity index (χ2n) is 8.55. The molecule has 0 aliphatic carbocycles. The van der Waals surface area contributed by atoms with E-state index in [0.29, 0.717) is 23.3 Å². The zero-order chi connectivity index (χ0) is 26.6. The first-order valence-electron chi connectivity index (χ1n) is 11.9. The summed E-state index contributed by atoms with van der Waals surface area (Å²) in [4.78, 5) is 38.5. The van der Waals surface area contributed by atoms with Gasteiger partial charge in [-0.1, -0.05) is 54.6 Å². The Balaban J connectivity index is 1.37. The molecule has 0 bridgehead atoms. The predicted molar refractivity (Wildman–Crippen MR) is 139 cm³/mol. The number of benzene rings is 3. The highest BCUT2D eigenvalue weighted by Crippen LogP contribution is 2.33. The van der Waals surface area contributed by atoms with Gasteiger partial charge in [-0.15, -0.1) is 0 Å². The molecule has 0 fully saturated rings. The van der Waals surface area contributed by atoms with Crippen molar-refractivity contribution in [2.24, 2.45) is 5.10 Å². The molecule has 1 amide bonds. The highest BCUT2D eigenvalue weighted by Gasteiger charge is 2.34. The van der Waals surface area contributed by atoms with Gasteiger partial charge in [-0.3, -0.25) is 4.79 Å². The third kappa shape index (κ3) is 4.86. The lowest BCUT2D eigenvalue weighted by molar-refractivity contribution is -0.136. The smallest absolute Gasteiger partial charge is 0.351 e. The van der Waals surface area contributed by atoms with Crippen LogP contribution in [0, 0.1) is 0 Å². The molecule has 1 aromatic heterocycles. The Labute approximate surface area is 217 Å². The van der Waals surface area contributed by atoms with Gasteiger partial charge in [0.15, 0.2) is 17.9 Å². The normalized spacial score (nSPS) is 14.7. The van der Waals surface area contributed by atoms with Gasteiger partial charge < -0.3 is 18.6 Å². The number of amides is 1. The fourth-order valence-electron chi connectivity index (χ4n) is 4.32. The monoisotopic (exact) mass is 512 g/mol. The standard InChI is InChI=1S/C29H24N2O7/c1-35-21-13-11-19(12-14-21)24-16-23(18-7-4-3-5-8-18)30-31(24)26(32)17-37-28(33)22-15-20-9-6-10-25(36-2)27(20)38-29(22)34/h3-15,24H,16-17H2,1-2H3. The van der Waals surface area contributed by atoms with Crippen LogP contribution in [-0.2, 0) is 9.53 Å². The molecule has 0 saturated heterocycles. The molecule has 1 aliphatic rings. The lowest BCUT2D eigenvalue weighted by atomic mass is 9.98. The topological polar surface area (TPSA) is 108 Å². The van der Waals surface area contributed by atoms with Gasteiger partial charge in [-0.05, 0) is 35.4 Å². The van der Waals surface area contributed by atoms with E-state index >= 15 is 0 Å². The van der Waals surface area contributed by atoms with Gasteiger partial charge in [-0.2, -0.15) is 5.10 Å². The summed E-state index contributed by atoms with van der Waals surface area (Å²) in [6.07, 6.45) is 0.478. The van der Waals surface area contributed by atoms with Crippen molar-refractivity contribution in [3.8, 4) is 11.5 Å². The first kappa shape index (κ1) is 24.8. The van der Waals surface area contributed by atoms with Gasteiger partial charge >= 0.3 is 11.6 Å². The molecule has 3 aromatic carbocycles. The quantitative estimate of drug-likeness (QED) is 0.268. The summed E-state index contributed by atoms with van der Waals surface area (Å²) in [5.74, 6) is -0.448. The molecule has 0 saturated carbocycles. The summed E-state index contributed by atoms with van der Waals surface area (Å²) in [6, 6.07) is 22.9. The Bertz CT molecular complexity index is 1580. The molecule has 9 heteroatoms. The van der Waals surface area contributed by atoms with Crippen LogP contribution in [0.2, 0.25) is 0 Å². The average molecular weight is 513 g/mol. The van der Waals surface area contributed by atoms with Crippen molar-refractivity contribution in [1.29, 1.82) is 0 Å². The highest BCUT2D eigenvalue weighted by molar-refractivity contribution is 6.03. The Kier molecular flexibility index (Phi) is 6.90. The molecule has 1 atom stereocenters. The van der Waals surface area contributed by atoms with E-state index in [1.165, 1.54) is 18.2 Å². The molecule has 1 aliphatic heterocycles. The lowest BCUT2D eigenvalue weighted by Crippen LogP contribution is -2.32. The van der Waals surface area contributed by atoms with Crippen LogP contribution >= 0.6 is 0 Å². The fourth-order valence-corrected chi connectivity index (χ4v) is 4.32. The summed E-state index contributed by atoms with van der Waals surface area (Å²) in [6.45, 7) is -0.605. The van der Waals surface area contributed by atoms with E-state index < -0.39 is 30.2 Å². The van der Waals surface area contributed by atoms with Crippen LogP contribution in [0.25, 0.3) is 11.0 Å². The number of esters is 1. The Morgan fingerprint density at radius 1 is 0.974 bits per heavy atom. The number of para-hydroxylation sites is 1. The molecule has 0 N–H and O–H groups in total. The largest absolute Gasteiger partial charge is 0.497 e. The number of hydrogen-bond acceptors (Lipinski definition) is 8. The van der Waals surface area contributed by atoms with Crippen LogP contribution in [0.1, 0.15) is 33.9 Å². The van der Waals surface area contributed by atoms with Crippen molar-refractivity contribution < 1.29 is 28.2 Å². The van der Waals surface area contributed by atoms with Crippen molar-refractivity contribution in [2.75, 3.05) is 20.8 Å². The second-order valence-corrected chi connectivity index (χ2v) is 8.55. The lowest BCUT2D eigenvalue weighted by Gasteiger charge is -2.22. The van der Waals surface area contributed by atoms with Crippen LogP contribution < -0.4 is 15.1 Å². The predicted octanol–water partition coefficient (Wildman–Crippen LogP) is 4.34. The molecule has 9 nitrogen and oxygen atoms in total. The van der Waals surface area contributed by atoms with Crippen LogP contribution in [0.15, 0.2) is 93.2 Å². The van der Waals surface area contributed by atoms with Gasteiger partial charge in [0, 0.05) is 11.8 Å². The van der Waals surface area contributed by atoms with E-state index in [2.05, 4.69) is 5.10 Å². The average Bonchev–Trinajstić information content (AvgIpc) is 3.41. The molecule has 192 valence electrons. The first-order chi connectivity index (χ1) is 18.5. The van der Waals surface area contributed by atoms with E-state index in [-0.39, 0.29) is 11.1 Å². The molecule has 2 heterocycles. The molecule has 1 unspecified atom stereocenters. The van der Waals surface area contributed by atoms with E-state index in [9.17, 15) is 14.4 Å². The number of ether oxygens (including phenoxy) is 3. The van der Waals surface area contributed by atoms with Gasteiger partial charge in [0.1, 0.15) is 11.3 Å². The number of rotatable bonds is 7. The molecule has 4 aromatic rings. The SMILES string of the molecule is COc1ccc(C2CC(c3ccccc3)=NN2C(=O)COC(=O)c2cc3cccc(OC)c3oc2=O)cc1. The zero-order valence-electron chi connectivity index (χ0n) is 20.7. The van der Waals surface area contributed by atoms with Crippen molar-refractivity contribution in [3.63, 3.8) is 0 Å². The summed E-state index contributed by atoms with van der Waals surface area (Å²) < 4.78 is 21.0. The molecule has 5 rings (SSSR count). The van der Waals surface area contributed by atoms with Crippen molar-refractivity contribution in [1.82, 2.24) is 5.01 Å². The highest BCUT2D eigenvalue weighted by atomic mass is 16.5. The Morgan fingerprint density at radius 2 is 1.74 bits per heavy atom. The van der Waals surface area contributed by atoms with E-state index in [0.717, 1.165) is 16.8 Å². The Morgan fingerprint density at radius 3 is 2.45 bits per heavy atom.